The number of aliphatic hydroxyl groups is 4. The van der Waals surface area contributed by atoms with Crippen LogP contribution in [-0.4, -0.2) is 89.6 Å². The number of carbonyl (C=O) groups excluding carboxylic acids is 1. The molecule has 9 nitrogen and oxygen atoms in total. The van der Waals surface area contributed by atoms with E-state index in [1.807, 2.05) is 0 Å². The summed E-state index contributed by atoms with van der Waals surface area (Å²) in [6.45, 7) is 4.54. The molecule has 346 valence electrons. The number of esters is 1. The minimum atomic E-state index is -1.54. The predicted octanol–water partition coefficient (Wildman–Crippen LogP) is 11.5. The largest absolute Gasteiger partial charge is 0.457 e. The van der Waals surface area contributed by atoms with Crippen LogP contribution in [0.2, 0.25) is 0 Å². The molecule has 0 aliphatic carbocycles. The van der Waals surface area contributed by atoms with Crippen LogP contribution in [0.4, 0.5) is 0 Å². The van der Waals surface area contributed by atoms with Gasteiger partial charge in [0.2, 0.25) is 0 Å². The standard InChI is InChI=1S/C50H92O9/c1-3-5-7-9-11-13-15-17-19-21-23-25-27-29-31-33-35-37-39-46(52)58-44(43-57-50-49(55)48(54)47(53)45(41-51)59-50)42-56-40-38-36-34-32-30-28-26-24-22-20-18-16-14-12-10-8-6-4-2/h13,15,18-21,44-45,47-51,53-55H,3-12,14,16-17,22-43H2,1-2H3/b15-13-,20-18-,21-19-. The summed E-state index contributed by atoms with van der Waals surface area (Å²) in [5, 5.41) is 40.2. The van der Waals surface area contributed by atoms with Crippen molar-refractivity contribution in [2.24, 2.45) is 0 Å². The van der Waals surface area contributed by atoms with Gasteiger partial charge < -0.3 is 39.4 Å². The molecule has 0 saturated carbocycles. The zero-order valence-corrected chi connectivity index (χ0v) is 38.0. The normalized spacial score (nSPS) is 20.4. The SMILES string of the molecule is CCCCCC/C=C\C/C=C\CCCCCCCCCC(=O)OC(COCCCCCCCCCC/C=C\CCCCCCCC)COC1OC(CO)C(O)C(O)C1O. The predicted molar refractivity (Wildman–Crippen MR) is 242 cm³/mol. The second-order valence-electron chi connectivity index (χ2n) is 16.9. The van der Waals surface area contributed by atoms with Crippen LogP contribution in [0.5, 0.6) is 0 Å². The quantitative estimate of drug-likeness (QED) is 0.0269. The Balaban J connectivity index is 2.24. The fraction of sp³-hybridized carbons (Fsp3) is 0.860. The van der Waals surface area contributed by atoms with Crippen molar-refractivity contribution in [1.29, 1.82) is 0 Å². The Bertz CT molecular complexity index is 999. The van der Waals surface area contributed by atoms with Gasteiger partial charge in [0.15, 0.2) is 6.29 Å². The third kappa shape index (κ3) is 32.7. The van der Waals surface area contributed by atoms with Crippen LogP contribution in [-0.2, 0) is 23.7 Å². The molecule has 1 aliphatic rings. The summed E-state index contributed by atoms with van der Waals surface area (Å²) >= 11 is 0. The van der Waals surface area contributed by atoms with E-state index in [0.717, 1.165) is 44.9 Å². The molecule has 1 heterocycles. The molecule has 6 atom stereocenters. The van der Waals surface area contributed by atoms with Crippen LogP contribution in [0.3, 0.4) is 0 Å². The maximum absolute atomic E-state index is 12.8. The molecule has 4 N–H and O–H groups in total. The Hall–Kier alpha value is -1.59. The lowest BCUT2D eigenvalue weighted by atomic mass is 9.99. The van der Waals surface area contributed by atoms with E-state index in [4.69, 9.17) is 18.9 Å². The van der Waals surface area contributed by atoms with Gasteiger partial charge in [0.1, 0.15) is 30.5 Å². The van der Waals surface area contributed by atoms with E-state index in [1.54, 1.807) is 0 Å². The molecule has 1 fully saturated rings. The number of hydrogen-bond donors (Lipinski definition) is 4. The summed E-state index contributed by atoms with van der Waals surface area (Å²) in [6, 6.07) is 0. The van der Waals surface area contributed by atoms with E-state index >= 15 is 0 Å². The molecular formula is C50H92O9. The van der Waals surface area contributed by atoms with Crippen LogP contribution in [0.15, 0.2) is 36.5 Å². The van der Waals surface area contributed by atoms with Crippen LogP contribution >= 0.6 is 0 Å². The molecule has 0 aromatic carbocycles. The summed E-state index contributed by atoms with van der Waals surface area (Å²) in [5.41, 5.74) is 0. The first-order chi connectivity index (χ1) is 28.9. The van der Waals surface area contributed by atoms with Crippen LogP contribution < -0.4 is 0 Å². The molecule has 59 heavy (non-hydrogen) atoms. The number of carbonyl (C=O) groups is 1. The third-order valence-corrected chi connectivity index (χ3v) is 11.3. The highest BCUT2D eigenvalue weighted by Gasteiger charge is 2.44. The van der Waals surface area contributed by atoms with Crippen molar-refractivity contribution in [2.75, 3.05) is 26.4 Å². The average molecular weight is 837 g/mol. The third-order valence-electron chi connectivity index (χ3n) is 11.3. The Morgan fingerprint density at radius 2 is 0.983 bits per heavy atom. The average Bonchev–Trinajstić information content (AvgIpc) is 3.24. The van der Waals surface area contributed by atoms with E-state index in [0.29, 0.717) is 13.0 Å². The Labute approximate surface area is 361 Å². The molecular weight excluding hydrogens is 745 g/mol. The molecule has 0 aromatic heterocycles. The minimum Gasteiger partial charge on any atom is -0.457 e. The summed E-state index contributed by atoms with van der Waals surface area (Å²) in [6.07, 6.45) is 43.1. The Morgan fingerprint density at radius 3 is 1.49 bits per heavy atom. The smallest absolute Gasteiger partial charge is 0.306 e. The van der Waals surface area contributed by atoms with Crippen molar-refractivity contribution in [3.05, 3.63) is 36.5 Å². The van der Waals surface area contributed by atoms with Gasteiger partial charge in [0.25, 0.3) is 0 Å². The van der Waals surface area contributed by atoms with Gasteiger partial charge in [-0.15, -0.1) is 0 Å². The zero-order valence-electron chi connectivity index (χ0n) is 38.0. The summed E-state index contributed by atoms with van der Waals surface area (Å²) in [5.74, 6) is -0.321. The monoisotopic (exact) mass is 837 g/mol. The molecule has 1 rings (SSSR count). The molecule has 6 unspecified atom stereocenters. The van der Waals surface area contributed by atoms with Gasteiger partial charge in [-0.3, -0.25) is 4.79 Å². The van der Waals surface area contributed by atoms with Crippen molar-refractivity contribution in [1.82, 2.24) is 0 Å². The number of rotatable bonds is 42. The fourth-order valence-corrected chi connectivity index (χ4v) is 7.40. The Morgan fingerprint density at radius 1 is 0.542 bits per heavy atom. The van der Waals surface area contributed by atoms with Crippen LogP contribution in [0.25, 0.3) is 0 Å². The van der Waals surface area contributed by atoms with Gasteiger partial charge in [-0.2, -0.15) is 0 Å². The lowest BCUT2D eigenvalue weighted by Gasteiger charge is -2.39. The van der Waals surface area contributed by atoms with E-state index in [1.165, 1.54) is 148 Å². The number of ether oxygens (including phenoxy) is 4. The zero-order chi connectivity index (χ0) is 42.9. The highest BCUT2D eigenvalue weighted by molar-refractivity contribution is 5.69. The second-order valence-corrected chi connectivity index (χ2v) is 16.9. The second kappa shape index (κ2) is 41.7. The summed E-state index contributed by atoms with van der Waals surface area (Å²) in [4.78, 5) is 12.8. The van der Waals surface area contributed by atoms with Crippen LogP contribution in [0.1, 0.15) is 213 Å². The van der Waals surface area contributed by atoms with Crippen LogP contribution in [0, 0.1) is 0 Å². The Kier molecular flexibility index (Phi) is 39.2. The maximum atomic E-state index is 12.8. The first kappa shape index (κ1) is 55.4. The van der Waals surface area contributed by atoms with E-state index < -0.39 is 43.4 Å². The summed E-state index contributed by atoms with van der Waals surface area (Å²) < 4.78 is 22.9. The molecule has 0 radical (unpaired) electrons. The van der Waals surface area contributed by atoms with Crippen molar-refractivity contribution in [3.8, 4) is 0 Å². The molecule has 0 spiro atoms. The van der Waals surface area contributed by atoms with Gasteiger partial charge in [0.05, 0.1) is 19.8 Å². The van der Waals surface area contributed by atoms with Crippen molar-refractivity contribution in [3.63, 3.8) is 0 Å². The number of allylic oxidation sites excluding steroid dienone is 6. The first-order valence-corrected chi connectivity index (χ1v) is 24.6. The van der Waals surface area contributed by atoms with E-state index in [-0.39, 0.29) is 19.2 Å². The first-order valence-electron chi connectivity index (χ1n) is 24.6. The van der Waals surface area contributed by atoms with Gasteiger partial charge in [-0.1, -0.05) is 172 Å². The number of aliphatic hydroxyl groups excluding tert-OH is 4. The summed E-state index contributed by atoms with van der Waals surface area (Å²) in [7, 11) is 0. The minimum absolute atomic E-state index is 0.117. The molecule has 0 amide bonds. The fourth-order valence-electron chi connectivity index (χ4n) is 7.40. The molecule has 0 bridgehead atoms. The molecule has 9 heteroatoms. The molecule has 1 saturated heterocycles. The lowest BCUT2D eigenvalue weighted by Crippen LogP contribution is -2.59. The van der Waals surface area contributed by atoms with E-state index in [2.05, 4.69) is 50.3 Å². The van der Waals surface area contributed by atoms with Gasteiger partial charge in [-0.05, 0) is 70.6 Å². The van der Waals surface area contributed by atoms with Crippen molar-refractivity contribution >= 4 is 5.97 Å². The highest BCUT2D eigenvalue weighted by Crippen LogP contribution is 2.23. The molecule has 1 aliphatic heterocycles. The van der Waals surface area contributed by atoms with Crippen molar-refractivity contribution in [2.45, 2.75) is 250 Å². The molecule has 0 aromatic rings. The topological polar surface area (TPSA) is 135 Å². The number of hydrogen-bond acceptors (Lipinski definition) is 9. The van der Waals surface area contributed by atoms with Gasteiger partial charge in [0, 0.05) is 13.0 Å². The van der Waals surface area contributed by atoms with Gasteiger partial charge >= 0.3 is 5.97 Å². The lowest BCUT2D eigenvalue weighted by molar-refractivity contribution is -0.305. The maximum Gasteiger partial charge on any atom is 0.306 e. The van der Waals surface area contributed by atoms with E-state index in [9.17, 15) is 25.2 Å². The van der Waals surface area contributed by atoms with Crippen molar-refractivity contribution < 1.29 is 44.2 Å². The highest BCUT2D eigenvalue weighted by atomic mass is 16.7. The van der Waals surface area contributed by atoms with Gasteiger partial charge in [-0.25, -0.2) is 0 Å². The number of unbranched alkanes of at least 4 members (excludes halogenated alkanes) is 25.